The van der Waals surface area contributed by atoms with E-state index in [-0.39, 0.29) is 6.10 Å². The smallest absolute Gasteiger partial charge is 0.137 e. The van der Waals surface area contributed by atoms with Crippen molar-refractivity contribution < 1.29 is 14.6 Å². The van der Waals surface area contributed by atoms with Crippen molar-refractivity contribution in [2.24, 2.45) is 0 Å². The van der Waals surface area contributed by atoms with Gasteiger partial charge in [-0.05, 0) is 24.6 Å². The van der Waals surface area contributed by atoms with Crippen molar-refractivity contribution in [3.63, 3.8) is 0 Å². The van der Waals surface area contributed by atoms with Gasteiger partial charge in [-0.1, -0.05) is 17.7 Å². The van der Waals surface area contributed by atoms with Crippen molar-refractivity contribution in [2.45, 2.75) is 31.5 Å². The standard InChI is InChI=1S/C13H17ClO3/c1-3-17-10-7-13(15,8-10)9-4-5-11(14)12(6-9)16-2/h4-6,10,15H,3,7-8H2,1-2H3. The summed E-state index contributed by atoms with van der Waals surface area (Å²) in [6, 6.07) is 5.39. The molecular formula is C13H17ClO3. The number of methoxy groups -OCH3 is 1. The van der Waals surface area contributed by atoms with E-state index in [1.165, 1.54) is 0 Å². The summed E-state index contributed by atoms with van der Waals surface area (Å²) < 4.78 is 10.6. The lowest BCUT2D eigenvalue weighted by Gasteiger charge is -2.43. The maximum absolute atomic E-state index is 10.4. The summed E-state index contributed by atoms with van der Waals surface area (Å²) in [6.07, 6.45) is 1.42. The van der Waals surface area contributed by atoms with Crippen LogP contribution >= 0.6 is 11.6 Å². The number of hydrogen-bond acceptors (Lipinski definition) is 3. The highest BCUT2D eigenvalue weighted by Gasteiger charge is 2.44. The molecule has 0 spiro atoms. The van der Waals surface area contributed by atoms with E-state index < -0.39 is 5.60 Å². The largest absolute Gasteiger partial charge is 0.495 e. The number of rotatable bonds is 4. The highest BCUT2D eigenvalue weighted by atomic mass is 35.5. The van der Waals surface area contributed by atoms with Crippen molar-refractivity contribution in [2.75, 3.05) is 13.7 Å². The average Bonchev–Trinajstić information content (AvgIpc) is 2.27. The summed E-state index contributed by atoms with van der Waals surface area (Å²) in [4.78, 5) is 0. The first-order valence-corrected chi connectivity index (χ1v) is 6.15. The number of hydrogen-bond donors (Lipinski definition) is 1. The highest BCUT2D eigenvalue weighted by Crippen LogP contribution is 2.44. The third-order valence-electron chi connectivity index (χ3n) is 3.22. The second kappa shape index (κ2) is 4.84. The van der Waals surface area contributed by atoms with E-state index in [9.17, 15) is 5.11 Å². The molecule has 2 rings (SSSR count). The molecule has 94 valence electrons. The summed E-state index contributed by atoms with van der Waals surface area (Å²) in [7, 11) is 1.57. The molecule has 0 unspecified atom stereocenters. The number of aliphatic hydroxyl groups is 1. The van der Waals surface area contributed by atoms with Crippen LogP contribution in [0.25, 0.3) is 0 Å². The third kappa shape index (κ3) is 2.41. The van der Waals surface area contributed by atoms with Gasteiger partial charge in [-0.3, -0.25) is 0 Å². The minimum Gasteiger partial charge on any atom is -0.495 e. The number of ether oxygens (including phenoxy) is 2. The Labute approximate surface area is 106 Å². The zero-order valence-electron chi connectivity index (χ0n) is 10.1. The van der Waals surface area contributed by atoms with Crippen molar-refractivity contribution in [3.8, 4) is 5.75 Å². The van der Waals surface area contributed by atoms with Gasteiger partial charge in [0.15, 0.2) is 0 Å². The second-order valence-electron chi connectivity index (χ2n) is 4.37. The van der Waals surface area contributed by atoms with E-state index in [0.29, 0.717) is 30.2 Å². The van der Waals surface area contributed by atoms with Crippen LogP contribution in [0.2, 0.25) is 5.02 Å². The van der Waals surface area contributed by atoms with Crippen LogP contribution in [0.15, 0.2) is 18.2 Å². The Hall–Kier alpha value is -0.770. The van der Waals surface area contributed by atoms with Crippen LogP contribution in [0.5, 0.6) is 5.75 Å². The first kappa shape index (κ1) is 12.7. The number of benzene rings is 1. The second-order valence-corrected chi connectivity index (χ2v) is 4.77. The molecule has 1 aromatic carbocycles. The summed E-state index contributed by atoms with van der Waals surface area (Å²) in [5.41, 5.74) is 0.0484. The molecule has 0 amide bonds. The van der Waals surface area contributed by atoms with Crippen molar-refractivity contribution in [1.29, 1.82) is 0 Å². The Kier molecular flexibility index (Phi) is 3.61. The van der Waals surface area contributed by atoms with Gasteiger partial charge in [0, 0.05) is 19.4 Å². The van der Waals surface area contributed by atoms with Crippen LogP contribution < -0.4 is 4.74 Å². The van der Waals surface area contributed by atoms with E-state index >= 15 is 0 Å². The maximum Gasteiger partial charge on any atom is 0.137 e. The molecular weight excluding hydrogens is 240 g/mol. The fourth-order valence-corrected chi connectivity index (χ4v) is 2.43. The average molecular weight is 257 g/mol. The predicted molar refractivity (Wildman–Crippen MR) is 66.5 cm³/mol. The maximum atomic E-state index is 10.4. The Morgan fingerprint density at radius 1 is 1.47 bits per heavy atom. The van der Waals surface area contributed by atoms with Gasteiger partial charge in [0.1, 0.15) is 5.75 Å². The highest BCUT2D eigenvalue weighted by molar-refractivity contribution is 6.32. The molecule has 1 N–H and O–H groups in total. The van der Waals surface area contributed by atoms with Crippen LogP contribution in [-0.4, -0.2) is 24.9 Å². The van der Waals surface area contributed by atoms with Crippen molar-refractivity contribution >= 4 is 11.6 Å². The van der Waals surface area contributed by atoms with Gasteiger partial charge < -0.3 is 14.6 Å². The summed E-state index contributed by atoms with van der Waals surface area (Å²) >= 11 is 5.95. The summed E-state index contributed by atoms with van der Waals surface area (Å²) in [5.74, 6) is 0.595. The molecule has 0 aliphatic heterocycles. The van der Waals surface area contributed by atoms with Crippen LogP contribution in [-0.2, 0) is 10.3 Å². The fourth-order valence-electron chi connectivity index (χ4n) is 2.23. The van der Waals surface area contributed by atoms with E-state index in [1.807, 2.05) is 13.0 Å². The monoisotopic (exact) mass is 256 g/mol. The Morgan fingerprint density at radius 2 is 2.18 bits per heavy atom. The van der Waals surface area contributed by atoms with E-state index in [2.05, 4.69) is 0 Å². The molecule has 0 atom stereocenters. The first-order chi connectivity index (χ1) is 8.09. The zero-order chi connectivity index (χ0) is 12.5. The molecule has 1 aliphatic carbocycles. The molecule has 0 radical (unpaired) electrons. The van der Waals surface area contributed by atoms with Gasteiger partial charge in [-0.15, -0.1) is 0 Å². The van der Waals surface area contributed by atoms with Crippen LogP contribution in [0.3, 0.4) is 0 Å². The van der Waals surface area contributed by atoms with Crippen LogP contribution in [0.4, 0.5) is 0 Å². The normalized spacial score (nSPS) is 27.6. The summed E-state index contributed by atoms with van der Waals surface area (Å²) in [6.45, 7) is 2.65. The Bertz CT molecular complexity index is 400. The first-order valence-electron chi connectivity index (χ1n) is 5.77. The lowest BCUT2D eigenvalue weighted by molar-refractivity contribution is -0.142. The topological polar surface area (TPSA) is 38.7 Å². The van der Waals surface area contributed by atoms with E-state index in [4.69, 9.17) is 21.1 Å². The van der Waals surface area contributed by atoms with Crippen molar-refractivity contribution in [1.82, 2.24) is 0 Å². The van der Waals surface area contributed by atoms with Crippen LogP contribution in [0.1, 0.15) is 25.3 Å². The van der Waals surface area contributed by atoms with Crippen molar-refractivity contribution in [3.05, 3.63) is 28.8 Å². The van der Waals surface area contributed by atoms with Gasteiger partial charge in [0.05, 0.1) is 23.8 Å². The molecule has 1 aliphatic rings. The molecule has 17 heavy (non-hydrogen) atoms. The molecule has 0 heterocycles. The van der Waals surface area contributed by atoms with Gasteiger partial charge in [-0.2, -0.15) is 0 Å². The SMILES string of the molecule is CCOC1CC(O)(c2ccc(Cl)c(OC)c2)C1. The van der Waals surface area contributed by atoms with Crippen LogP contribution in [0, 0.1) is 0 Å². The third-order valence-corrected chi connectivity index (χ3v) is 3.53. The lowest BCUT2D eigenvalue weighted by atomic mass is 9.73. The molecule has 3 nitrogen and oxygen atoms in total. The predicted octanol–water partition coefficient (Wildman–Crippen LogP) is 2.74. The molecule has 0 bridgehead atoms. The van der Waals surface area contributed by atoms with E-state index in [0.717, 1.165) is 5.56 Å². The molecule has 4 heteroatoms. The molecule has 1 aromatic rings. The molecule has 0 aromatic heterocycles. The minimum atomic E-state index is -0.794. The number of halogens is 1. The molecule has 0 saturated heterocycles. The lowest BCUT2D eigenvalue weighted by Crippen LogP contribution is -2.45. The van der Waals surface area contributed by atoms with Gasteiger partial charge in [0.2, 0.25) is 0 Å². The quantitative estimate of drug-likeness (QED) is 0.900. The van der Waals surface area contributed by atoms with Gasteiger partial charge >= 0.3 is 0 Å². The molecule has 1 fully saturated rings. The fraction of sp³-hybridized carbons (Fsp3) is 0.538. The molecule has 1 saturated carbocycles. The Balaban J connectivity index is 2.13. The minimum absolute atomic E-state index is 0.159. The summed E-state index contributed by atoms with van der Waals surface area (Å²) in [5, 5.41) is 11.0. The van der Waals surface area contributed by atoms with Gasteiger partial charge in [-0.25, -0.2) is 0 Å². The Morgan fingerprint density at radius 3 is 2.76 bits per heavy atom. The van der Waals surface area contributed by atoms with Gasteiger partial charge in [0.25, 0.3) is 0 Å². The van der Waals surface area contributed by atoms with E-state index in [1.54, 1.807) is 19.2 Å². The zero-order valence-corrected chi connectivity index (χ0v) is 10.8.